The molecule has 2 rings (SSSR count). The molecule has 1 aromatic rings. The van der Waals surface area contributed by atoms with Gasteiger partial charge in [-0.3, -0.25) is 0 Å². The van der Waals surface area contributed by atoms with E-state index < -0.39 is 0 Å². The molecular formula is C9H16Ga2InN2. The van der Waals surface area contributed by atoms with E-state index in [2.05, 4.69) is 24.3 Å². The van der Waals surface area contributed by atoms with Crippen molar-refractivity contribution in [2.45, 2.75) is 19.3 Å². The van der Waals surface area contributed by atoms with Crippen LogP contribution >= 0.6 is 0 Å². The van der Waals surface area contributed by atoms with Crippen LogP contribution in [0.15, 0.2) is 24.3 Å². The first kappa shape index (κ1) is 24.5. The Kier molecular flexibility index (Phi) is 21.6. The Bertz CT molecular complexity index is 211. The van der Waals surface area contributed by atoms with E-state index in [0.29, 0.717) is 0 Å². The molecule has 5 heteroatoms. The van der Waals surface area contributed by atoms with E-state index in [1.165, 1.54) is 19.3 Å². The Morgan fingerprint density at radius 3 is 1.50 bits per heavy atom. The van der Waals surface area contributed by atoms with E-state index in [4.69, 9.17) is 0 Å². The Morgan fingerprint density at radius 2 is 1.14 bits per heavy atom. The molecular weight excluding hydrogens is 390 g/mol. The van der Waals surface area contributed by atoms with Crippen LogP contribution in [-0.4, -0.2) is 65.4 Å². The molecule has 0 amide bonds. The molecule has 1 aliphatic rings. The molecule has 0 heterocycles. The van der Waals surface area contributed by atoms with Gasteiger partial charge in [-0.25, -0.2) is 0 Å². The van der Waals surface area contributed by atoms with E-state index in [-0.39, 0.29) is 77.7 Å². The number of fused-ring (bicyclic) bond motifs is 1. The molecule has 0 atom stereocenters. The van der Waals surface area contributed by atoms with Crippen molar-refractivity contribution in [2.75, 3.05) is 0 Å². The van der Waals surface area contributed by atoms with E-state index in [1.807, 2.05) is 0 Å². The van der Waals surface area contributed by atoms with E-state index in [0.717, 1.165) is 0 Å². The number of rotatable bonds is 0. The SMILES string of the molecule is N.N.[Ga].[Ga].[In].c1ccc2c(c1)CCC2. The Labute approximate surface area is 131 Å². The third kappa shape index (κ3) is 6.00. The van der Waals surface area contributed by atoms with Crippen LogP contribution in [0.4, 0.5) is 0 Å². The molecule has 6 N–H and O–H groups in total. The Morgan fingerprint density at radius 1 is 0.786 bits per heavy atom. The Hall–Kier alpha value is 1.28. The molecule has 0 saturated carbocycles. The fourth-order valence-electron chi connectivity index (χ4n) is 1.51. The molecule has 1 aliphatic carbocycles. The van der Waals surface area contributed by atoms with E-state index >= 15 is 0 Å². The standard InChI is InChI=1S/C9H10.2Ga.In.2H3N/c1-2-5-9-7-3-6-8(9)4-1;;;;;/h1-2,4-5H,3,6-7H2;;;;2*1H3. The second-order valence-corrected chi connectivity index (χ2v) is 2.62. The minimum absolute atomic E-state index is 0. The van der Waals surface area contributed by atoms with Gasteiger partial charge in [0, 0.05) is 65.4 Å². The zero-order chi connectivity index (χ0) is 6.10. The van der Waals surface area contributed by atoms with Gasteiger partial charge in [-0.2, -0.15) is 0 Å². The first-order chi connectivity index (χ1) is 4.47. The van der Waals surface area contributed by atoms with Gasteiger partial charge in [0.1, 0.15) is 0 Å². The molecule has 0 aromatic heterocycles. The average molecular weight is 407 g/mol. The summed E-state index contributed by atoms with van der Waals surface area (Å²) in [5.41, 5.74) is 3.13. The van der Waals surface area contributed by atoms with Crippen molar-refractivity contribution in [3.05, 3.63) is 35.4 Å². The van der Waals surface area contributed by atoms with Gasteiger partial charge in [0.15, 0.2) is 0 Å². The van der Waals surface area contributed by atoms with Crippen molar-refractivity contribution in [1.29, 1.82) is 0 Å². The fraction of sp³-hybridized carbons (Fsp3) is 0.333. The summed E-state index contributed by atoms with van der Waals surface area (Å²) in [5, 5.41) is 0. The quantitative estimate of drug-likeness (QED) is 0.639. The maximum Gasteiger partial charge on any atom is 0 e. The van der Waals surface area contributed by atoms with Gasteiger partial charge in [0.25, 0.3) is 0 Å². The molecule has 0 spiro atoms. The van der Waals surface area contributed by atoms with Crippen molar-refractivity contribution in [2.24, 2.45) is 0 Å². The zero-order valence-corrected chi connectivity index (χ0v) is 16.7. The van der Waals surface area contributed by atoms with E-state index in [9.17, 15) is 0 Å². The molecule has 0 aliphatic heterocycles. The summed E-state index contributed by atoms with van der Waals surface area (Å²) in [6.07, 6.45) is 3.96. The summed E-state index contributed by atoms with van der Waals surface area (Å²) in [5.74, 6) is 0. The maximum absolute atomic E-state index is 2.24. The van der Waals surface area contributed by atoms with Crippen LogP contribution in [0.3, 0.4) is 0 Å². The van der Waals surface area contributed by atoms with Gasteiger partial charge < -0.3 is 12.3 Å². The zero-order valence-electron chi connectivity index (χ0n) is 8.58. The molecule has 0 unspecified atom stereocenters. The summed E-state index contributed by atoms with van der Waals surface area (Å²) in [6.45, 7) is 0. The van der Waals surface area contributed by atoms with Gasteiger partial charge >= 0.3 is 0 Å². The minimum atomic E-state index is 0. The number of hydrogen-bond donors (Lipinski definition) is 2. The average Bonchev–Trinajstić information content (AvgIpc) is 2.33. The van der Waals surface area contributed by atoms with Gasteiger partial charge in [0.2, 0.25) is 0 Å². The predicted octanol–water partition coefficient (Wildman–Crippen LogP) is 1.36. The first-order valence-corrected chi connectivity index (χ1v) is 3.53. The van der Waals surface area contributed by atoms with Gasteiger partial charge in [-0.1, -0.05) is 24.3 Å². The number of aryl methyl sites for hydroxylation is 2. The molecule has 14 heavy (non-hydrogen) atoms. The largest absolute Gasteiger partial charge is 0.344 e. The second kappa shape index (κ2) is 12.4. The summed E-state index contributed by atoms with van der Waals surface area (Å²) in [4.78, 5) is 0. The van der Waals surface area contributed by atoms with Crippen molar-refractivity contribution in [1.82, 2.24) is 12.3 Å². The summed E-state index contributed by atoms with van der Waals surface area (Å²) < 4.78 is 0. The van der Waals surface area contributed by atoms with Crippen LogP contribution in [0.5, 0.6) is 0 Å². The van der Waals surface area contributed by atoms with E-state index in [1.54, 1.807) is 11.1 Å². The van der Waals surface area contributed by atoms with Crippen molar-refractivity contribution >= 4 is 65.4 Å². The van der Waals surface area contributed by atoms with Crippen molar-refractivity contribution in [3.8, 4) is 0 Å². The fourth-order valence-corrected chi connectivity index (χ4v) is 1.51. The van der Waals surface area contributed by atoms with Crippen LogP contribution in [0.2, 0.25) is 0 Å². The third-order valence-corrected chi connectivity index (χ3v) is 2.01. The predicted molar refractivity (Wildman–Crippen MR) is 65.8 cm³/mol. The van der Waals surface area contributed by atoms with Gasteiger partial charge in [-0.15, -0.1) is 0 Å². The molecule has 9 radical (unpaired) electrons. The first-order valence-electron chi connectivity index (χ1n) is 3.53. The van der Waals surface area contributed by atoms with Crippen LogP contribution < -0.4 is 12.3 Å². The molecule has 71 valence electrons. The van der Waals surface area contributed by atoms with Crippen LogP contribution in [0, 0.1) is 0 Å². The normalized spacial score (nSPS) is 10.0. The molecule has 0 fully saturated rings. The van der Waals surface area contributed by atoms with Gasteiger partial charge in [-0.05, 0) is 30.4 Å². The molecule has 2 nitrogen and oxygen atoms in total. The maximum atomic E-state index is 2.24. The molecule has 0 bridgehead atoms. The van der Waals surface area contributed by atoms with Crippen molar-refractivity contribution < 1.29 is 0 Å². The molecule has 1 aromatic carbocycles. The number of hydrogen-bond acceptors (Lipinski definition) is 2. The molecule has 0 saturated heterocycles. The number of benzene rings is 1. The summed E-state index contributed by atoms with van der Waals surface area (Å²) in [7, 11) is 0. The monoisotopic (exact) mass is 405 g/mol. The third-order valence-electron chi connectivity index (χ3n) is 2.01. The van der Waals surface area contributed by atoms with Crippen molar-refractivity contribution in [3.63, 3.8) is 0 Å². The van der Waals surface area contributed by atoms with Gasteiger partial charge in [0.05, 0.1) is 0 Å². The van der Waals surface area contributed by atoms with Crippen LogP contribution in [-0.2, 0) is 12.8 Å². The van der Waals surface area contributed by atoms with Crippen LogP contribution in [0.1, 0.15) is 17.5 Å². The Balaban J connectivity index is -0.0000001000. The summed E-state index contributed by atoms with van der Waals surface area (Å²) >= 11 is 0. The van der Waals surface area contributed by atoms with Crippen LogP contribution in [0.25, 0.3) is 0 Å². The minimum Gasteiger partial charge on any atom is -0.344 e. The smallest absolute Gasteiger partial charge is 0 e. The second-order valence-electron chi connectivity index (χ2n) is 2.62. The topological polar surface area (TPSA) is 70.0 Å². The summed E-state index contributed by atoms with van der Waals surface area (Å²) in [6, 6.07) is 8.74.